The molecule has 118 valence electrons. The van der Waals surface area contributed by atoms with Crippen LogP contribution in [0, 0.1) is 11.7 Å². The minimum absolute atomic E-state index is 0.210. The van der Waals surface area contributed by atoms with E-state index in [0.717, 1.165) is 11.5 Å². The van der Waals surface area contributed by atoms with Crippen molar-refractivity contribution >= 4 is 11.6 Å². The Bertz CT molecular complexity index is 483. The van der Waals surface area contributed by atoms with Crippen molar-refractivity contribution in [3.05, 3.63) is 29.6 Å². The number of hydrogen-bond donors (Lipinski definition) is 2. The van der Waals surface area contributed by atoms with Crippen molar-refractivity contribution in [2.75, 3.05) is 26.0 Å². The van der Waals surface area contributed by atoms with Crippen LogP contribution in [0.5, 0.6) is 0 Å². The molecule has 0 amide bonds. The molecule has 1 unspecified atom stereocenters. The van der Waals surface area contributed by atoms with Crippen LogP contribution in [0.1, 0.15) is 26.3 Å². The lowest BCUT2D eigenvalue weighted by Crippen LogP contribution is -2.43. The molecule has 0 aliphatic heterocycles. The van der Waals surface area contributed by atoms with E-state index in [1.165, 1.54) is 0 Å². The fraction of sp³-hybridized carbons (Fsp3) is 0.562. The molecule has 0 bridgehead atoms. The molecular formula is C16H27FN4. The zero-order valence-electron chi connectivity index (χ0n) is 13.9. The van der Waals surface area contributed by atoms with Crippen molar-refractivity contribution in [1.82, 2.24) is 10.6 Å². The van der Waals surface area contributed by atoms with E-state index in [9.17, 15) is 4.39 Å². The molecule has 1 aromatic carbocycles. The summed E-state index contributed by atoms with van der Waals surface area (Å²) in [4.78, 5) is 5.95. The van der Waals surface area contributed by atoms with Gasteiger partial charge in [-0.2, -0.15) is 0 Å². The van der Waals surface area contributed by atoms with E-state index in [0.29, 0.717) is 24.2 Å². The van der Waals surface area contributed by atoms with Gasteiger partial charge in [0.15, 0.2) is 5.96 Å². The molecule has 0 saturated heterocycles. The van der Waals surface area contributed by atoms with Crippen LogP contribution in [0.4, 0.5) is 10.1 Å². The summed E-state index contributed by atoms with van der Waals surface area (Å²) >= 11 is 0. The average molecular weight is 294 g/mol. The van der Waals surface area contributed by atoms with Crippen molar-refractivity contribution in [2.24, 2.45) is 10.9 Å². The Balaban J connectivity index is 2.64. The number of guanidine groups is 1. The topological polar surface area (TPSA) is 39.7 Å². The molecule has 1 rings (SSSR count). The number of nitrogens with zero attached hydrogens (tertiary/aromatic N) is 2. The summed E-state index contributed by atoms with van der Waals surface area (Å²) in [5.74, 6) is 1.03. The largest absolute Gasteiger partial charge is 0.375 e. The van der Waals surface area contributed by atoms with Crippen molar-refractivity contribution in [3.8, 4) is 0 Å². The van der Waals surface area contributed by atoms with Crippen molar-refractivity contribution in [1.29, 1.82) is 0 Å². The quantitative estimate of drug-likeness (QED) is 0.648. The second kappa shape index (κ2) is 7.86. The maximum absolute atomic E-state index is 13.9. The van der Waals surface area contributed by atoms with Crippen LogP contribution in [0.3, 0.4) is 0 Å². The third-order valence-corrected chi connectivity index (χ3v) is 3.54. The minimum Gasteiger partial charge on any atom is -0.375 e. The van der Waals surface area contributed by atoms with Gasteiger partial charge in [0, 0.05) is 33.7 Å². The molecule has 5 heteroatoms. The lowest BCUT2D eigenvalue weighted by molar-refractivity contribution is 0.481. The predicted octanol–water partition coefficient (Wildman–Crippen LogP) is 2.60. The Morgan fingerprint density at radius 1 is 1.29 bits per heavy atom. The van der Waals surface area contributed by atoms with Crippen molar-refractivity contribution in [3.63, 3.8) is 0 Å². The van der Waals surface area contributed by atoms with Crippen LogP contribution in [0.2, 0.25) is 0 Å². The summed E-state index contributed by atoms with van der Waals surface area (Å²) in [6.45, 7) is 6.96. The summed E-state index contributed by atoms with van der Waals surface area (Å²) in [6.07, 6.45) is 0. The van der Waals surface area contributed by atoms with Crippen LogP contribution in [-0.4, -0.2) is 33.1 Å². The zero-order valence-corrected chi connectivity index (χ0v) is 13.9. The molecule has 0 aliphatic rings. The van der Waals surface area contributed by atoms with Gasteiger partial charge in [0.2, 0.25) is 0 Å². The summed E-state index contributed by atoms with van der Waals surface area (Å²) in [7, 11) is 5.39. The molecule has 2 N–H and O–H groups in total. The second-order valence-electron chi connectivity index (χ2n) is 5.78. The highest BCUT2D eigenvalue weighted by Crippen LogP contribution is 2.18. The van der Waals surface area contributed by atoms with Gasteiger partial charge < -0.3 is 15.5 Å². The molecular weight excluding hydrogens is 267 g/mol. The first-order valence-electron chi connectivity index (χ1n) is 7.28. The SMILES string of the molecule is CN=C(NCc1ccc(N(C)C)c(F)c1)NC(C)C(C)C. The Kier molecular flexibility index (Phi) is 6.46. The number of hydrogen-bond acceptors (Lipinski definition) is 2. The zero-order chi connectivity index (χ0) is 16.0. The van der Waals surface area contributed by atoms with Gasteiger partial charge in [0.25, 0.3) is 0 Å². The van der Waals surface area contributed by atoms with Crippen LogP contribution in [0.15, 0.2) is 23.2 Å². The molecule has 1 atom stereocenters. The molecule has 0 heterocycles. The van der Waals surface area contributed by atoms with Crippen LogP contribution in [-0.2, 0) is 6.54 Å². The van der Waals surface area contributed by atoms with Gasteiger partial charge in [0.1, 0.15) is 5.82 Å². The number of anilines is 1. The van der Waals surface area contributed by atoms with Crippen LogP contribution < -0.4 is 15.5 Å². The Morgan fingerprint density at radius 3 is 2.43 bits per heavy atom. The van der Waals surface area contributed by atoms with Crippen molar-refractivity contribution in [2.45, 2.75) is 33.4 Å². The summed E-state index contributed by atoms with van der Waals surface area (Å²) in [5.41, 5.74) is 1.48. The fourth-order valence-corrected chi connectivity index (χ4v) is 1.79. The maximum atomic E-state index is 13.9. The predicted molar refractivity (Wildman–Crippen MR) is 88.4 cm³/mol. The molecule has 0 aliphatic carbocycles. The highest BCUT2D eigenvalue weighted by Gasteiger charge is 2.09. The van der Waals surface area contributed by atoms with Gasteiger partial charge >= 0.3 is 0 Å². The third kappa shape index (κ3) is 5.25. The smallest absolute Gasteiger partial charge is 0.191 e. The second-order valence-corrected chi connectivity index (χ2v) is 5.78. The van der Waals surface area contributed by atoms with Gasteiger partial charge in [-0.1, -0.05) is 19.9 Å². The first kappa shape index (κ1) is 17.3. The van der Waals surface area contributed by atoms with Crippen LogP contribution >= 0.6 is 0 Å². The molecule has 0 spiro atoms. The number of benzene rings is 1. The van der Waals surface area contributed by atoms with Gasteiger partial charge in [0.05, 0.1) is 5.69 Å². The minimum atomic E-state index is -0.210. The Hall–Kier alpha value is -1.78. The number of nitrogens with one attached hydrogen (secondary N) is 2. The standard InChI is InChI=1S/C16H27FN4/c1-11(2)12(3)20-16(18-4)19-10-13-7-8-15(21(5)6)14(17)9-13/h7-9,11-12H,10H2,1-6H3,(H2,18,19,20). The summed E-state index contributed by atoms with van der Waals surface area (Å²) in [6, 6.07) is 5.59. The van der Waals surface area contributed by atoms with E-state index in [1.807, 2.05) is 20.2 Å². The van der Waals surface area contributed by atoms with E-state index in [2.05, 4.69) is 36.4 Å². The molecule has 0 aromatic heterocycles. The lowest BCUT2D eigenvalue weighted by atomic mass is 10.1. The molecule has 0 fully saturated rings. The first-order valence-corrected chi connectivity index (χ1v) is 7.28. The monoisotopic (exact) mass is 294 g/mol. The number of rotatable bonds is 5. The van der Waals surface area contributed by atoms with Gasteiger partial charge in [-0.05, 0) is 30.5 Å². The van der Waals surface area contributed by atoms with E-state index in [-0.39, 0.29) is 5.82 Å². The van der Waals surface area contributed by atoms with E-state index < -0.39 is 0 Å². The Labute approximate surface area is 127 Å². The van der Waals surface area contributed by atoms with Crippen molar-refractivity contribution < 1.29 is 4.39 Å². The van der Waals surface area contributed by atoms with Gasteiger partial charge in [-0.15, -0.1) is 0 Å². The molecule has 4 nitrogen and oxygen atoms in total. The highest BCUT2D eigenvalue weighted by molar-refractivity contribution is 5.79. The average Bonchev–Trinajstić information content (AvgIpc) is 2.42. The van der Waals surface area contributed by atoms with Gasteiger partial charge in [-0.25, -0.2) is 4.39 Å². The van der Waals surface area contributed by atoms with E-state index in [1.54, 1.807) is 24.1 Å². The normalized spacial score (nSPS) is 13.2. The fourth-order valence-electron chi connectivity index (χ4n) is 1.79. The maximum Gasteiger partial charge on any atom is 0.191 e. The van der Waals surface area contributed by atoms with E-state index in [4.69, 9.17) is 0 Å². The van der Waals surface area contributed by atoms with E-state index >= 15 is 0 Å². The molecule has 21 heavy (non-hydrogen) atoms. The number of aliphatic imine (C=N–C) groups is 1. The summed E-state index contributed by atoms with van der Waals surface area (Å²) < 4.78 is 13.9. The molecule has 0 saturated carbocycles. The van der Waals surface area contributed by atoms with Crippen LogP contribution in [0.25, 0.3) is 0 Å². The third-order valence-electron chi connectivity index (χ3n) is 3.54. The lowest BCUT2D eigenvalue weighted by Gasteiger charge is -2.21. The number of halogens is 1. The molecule has 1 aromatic rings. The molecule has 0 radical (unpaired) electrons. The van der Waals surface area contributed by atoms with Gasteiger partial charge in [-0.3, -0.25) is 4.99 Å². The summed E-state index contributed by atoms with van der Waals surface area (Å²) in [5, 5.41) is 6.52. The first-order chi connectivity index (χ1) is 9.85. The highest BCUT2D eigenvalue weighted by atomic mass is 19.1. The Morgan fingerprint density at radius 2 is 1.95 bits per heavy atom.